The van der Waals surface area contributed by atoms with E-state index < -0.39 is 6.29 Å². The van der Waals surface area contributed by atoms with Crippen LogP contribution in [0.25, 0.3) is 10.4 Å². The van der Waals surface area contributed by atoms with Crippen LogP contribution in [0.1, 0.15) is 95.8 Å². The first kappa shape index (κ1) is 24.5. The van der Waals surface area contributed by atoms with Crippen LogP contribution in [-0.2, 0) is 9.47 Å². The van der Waals surface area contributed by atoms with Crippen molar-refractivity contribution in [1.29, 1.82) is 0 Å². The summed E-state index contributed by atoms with van der Waals surface area (Å²) in [6.45, 7) is 2.64. The Morgan fingerprint density at radius 1 is 0.967 bits per heavy atom. The summed E-state index contributed by atoms with van der Waals surface area (Å²) in [4.78, 5) is 2.95. The third kappa shape index (κ3) is 9.80. The van der Waals surface area contributed by atoms with Crippen LogP contribution in [0.15, 0.2) is 47.6 Å². The Hall–Kier alpha value is -1.81. The first-order valence-corrected chi connectivity index (χ1v) is 11.9. The molecule has 0 aliphatic carbocycles. The predicted molar refractivity (Wildman–Crippen MR) is 123 cm³/mol. The van der Waals surface area contributed by atoms with Crippen molar-refractivity contribution in [2.75, 3.05) is 6.61 Å². The molecule has 30 heavy (non-hydrogen) atoms. The van der Waals surface area contributed by atoms with E-state index in [1.807, 2.05) is 36.4 Å². The number of hydrogen-bond acceptors (Lipinski definition) is 3. The lowest BCUT2D eigenvalue weighted by Crippen LogP contribution is -2.37. The molecule has 1 heterocycles. The fourth-order valence-corrected chi connectivity index (χ4v) is 3.83. The Bertz CT molecular complexity index is 629. The minimum absolute atomic E-state index is 0.243. The van der Waals surface area contributed by atoms with Crippen molar-refractivity contribution < 1.29 is 9.47 Å². The molecule has 1 aliphatic rings. The highest BCUT2D eigenvalue weighted by Gasteiger charge is 2.30. The van der Waals surface area contributed by atoms with Crippen molar-refractivity contribution in [3.8, 4) is 0 Å². The van der Waals surface area contributed by atoms with Crippen molar-refractivity contribution in [2.24, 2.45) is 5.11 Å². The average Bonchev–Trinajstić information content (AvgIpc) is 2.78. The van der Waals surface area contributed by atoms with Crippen molar-refractivity contribution in [2.45, 2.75) is 102 Å². The van der Waals surface area contributed by atoms with Crippen molar-refractivity contribution in [3.05, 3.63) is 58.5 Å². The Kier molecular flexibility index (Phi) is 13.0. The quantitative estimate of drug-likeness (QED) is 0.0959. The van der Waals surface area contributed by atoms with Crippen LogP contribution in [0.4, 0.5) is 0 Å². The third-order valence-electron chi connectivity index (χ3n) is 5.65. The predicted octanol–water partition coefficient (Wildman–Crippen LogP) is 8.04. The lowest BCUT2D eigenvalue weighted by molar-refractivity contribution is -0.212. The van der Waals surface area contributed by atoms with E-state index in [4.69, 9.17) is 15.0 Å². The summed E-state index contributed by atoms with van der Waals surface area (Å²) in [5.74, 6) is 0. The number of rotatable bonds is 15. The minimum Gasteiger partial charge on any atom is -0.348 e. The van der Waals surface area contributed by atoms with E-state index >= 15 is 0 Å². The molecule has 0 N–H and O–H groups in total. The van der Waals surface area contributed by atoms with E-state index in [1.54, 1.807) is 0 Å². The molecule has 166 valence electrons. The van der Waals surface area contributed by atoms with Gasteiger partial charge in [0.15, 0.2) is 6.29 Å². The van der Waals surface area contributed by atoms with E-state index in [1.165, 1.54) is 70.6 Å². The molecule has 3 atom stereocenters. The van der Waals surface area contributed by atoms with E-state index in [0.29, 0.717) is 6.61 Å². The maximum absolute atomic E-state index is 8.83. The molecule has 0 aromatic heterocycles. The number of nitrogens with zero attached hydrogens (tertiary/aromatic N) is 3. The summed E-state index contributed by atoms with van der Waals surface area (Å²) in [5.41, 5.74) is 9.81. The molecule has 1 aromatic rings. The minimum atomic E-state index is -0.409. The molecule has 0 bridgehead atoms. The highest BCUT2D eigenvalue weighted by Crippen LogP contribution is 2.28. The average molecular weight is 414 g/mol. The summed E-state index contributed by atoms with van der Waals surface area (Å²) < 4.78 is 11.8. The molecular weight excluding hydrogens is 374 g/mol. The van der Waals surface area contributed by atoms with Gasteiger partial charge in [0.25, 0.3) is 0 Å². The summed E-state index contributed by atoms with van der Waals surface area (Å²) in [6.07, 6.45) is 19.5. The largest absolute Gasteiger partial charge is 0.348 e. The molecule has 1 aromatic carbocycles. The Morgan fingerprint density at radius 2 is 1.60 bits per heavy atom. The highest BCUT2D eigenvalue weighted by molar-refractivity contribution is 5.17. The van der Waals surface area contributed by atoms with Crippen LogP contribution in [-0.4, -0.2) is 18.8 Å². The van der Waals surface area contributed by atoms with Crippen molar-refractivity contribution in [1.82, 2.24) is 0 Å². The van der Waals surface area contributed by atoms with E-state index in [9.17, 15) is 0 Å². The van der Waals surface area contributed by atoms with Gasteiger partial charge in [0.2, 0.25) is 0 Å². The van der Waals surface area contributed by atoms with Gasteiger partial charge in [-0.15, -0.1) is 0 Å². The third-order valence-corrected chi connectivity index (χ3v) is 5.65. The number of benzene rings is 1. The van der Waals surface area contributed by atoms with Crippen LogP contribution < -0.4 is 0 Å². The summed E-state index contributed by atoms with van der Waals surface area (Å²) in [5, 5.41) is 3.85. The van der Waals surface area contributed by atoms with Crippen LogP contribution in [0.5, 0.6) is 0 Å². The second-order valence-corrected chi connectivity index (χ2v) is 8.20. The number of ether oxygens (including phenoxy) is 2. The van der Waals surface area contributed by atoms with Crippen molar-refractivity contribution >= 4 is 0 Å². The van der Waals surface area contributed by atoms with Gasteiger partial charge < -0.3 is 9.47 Å². The molecule has 0 spiro atoms. The SMILES string of the molecule is CCCCCCCCCCCCC/C=C\[C@@H]1O[C@H](c2ccccc2)OC[C@@H]1N=[N+]=[N-]. The molecule has 0 radical (unpaired) electrons. The van der Waals surface area contributed by atoms with E-state index in [2.05, 4.69) is 23.0 Å². The molecule has 0 saturated carbocycles. The summed E-state index contributed by atoms with van der Waals surface area (Å²) in [6, 6.07) is 9.58. The monoisotopic (exact) mass is 413 g/mol. The maximum atomic E-state index is 8.83. The normalized spacial score (nSPS) is 21.6. The molecule has 1 saturated heterocycles. The van der Waals surface area contributed by atoms with Gasteiger partial charge in [-0.2, -0.15) is 0 Å². The van der Waals surface area contributed by atoms with Gasteiger partial charge in [-0.05, 0) is 18.4 Å². The second-order valence-electron chi connectivity index (χ2n) is 8.20. The van der Waals surface area contributed by atoms with Crippen LogP contribution in [0, 0.1) is 0 Å². The Balaban J connectivity index is 1.61. The van der Waals surface area contributed by atoms with Gasteiger partial charge in [0.05, 0.1) is 18.8 Å². The van der Waals surface area contributed by atoms with Gasteiger partial charge in [-0.25, -0.2) is 0 Å². The van der Waals surface area contributed by atoms with Gasteiger partial charge in [0.1, 0.15) is 0 Å². The van der Waals surface area contributed by atoms with Crippen LogP contribution in [0.2, 0.25) is 0 Å². The second kappa shape index (κ2) is 16.0. The highest BCUT2D eigenvalue weighted by atomic mass is 16.7. The molecule has 2 rings (SSSR count). The van der Waals surface area contributed by atoms with E-state index in [-0.39, 0.29) is 12.1 Å². The summed E-state index contributed by atoms with van der Waals surface area (Å²) in [7, 11) is 0. The maximum Gasteiger partial charge on any atom is 0.184 e. The fraction of sp³-hybridized carbons (Fsp3) is 0.680. The van der Waals surface area contributed by atoms with Gasteiger partial charge in [-0.1, -0.05) is 119 Å². The van der Waals surface area contributed by atoms with Crippen LogP contribution >= 0.6 is 0 Å². The van der Waals surface area contributed by atoms with E-state index in [0.717, 1.165) is 12.0 Å². The molecule has 5 heteroatoms. The number of unbranched alkanes of at least 4 members (excludes halogenated alkanes) is 11. The number of allylic oxidation sites excluding steroid dienone is 1. The zero-order valence-corrected chi connectivity index (χ0v) is 18.6. The van der Waals surface area contributed by atoms with Gasteiger partial charge in [0, 0.05) is 10.5 Å². The smallest absolute Gasteiger partial charge is 0.184 e. The number of hydrogen-bond donors (Lipinski definition) is 0. The molecular formula is C25H39N3O2. The molecule has 5 nitrogen and oxygen atoms in total. The zero-order valence-electron chi connectivity index (χ0n) is 18.6. The van der Waals surface area contributed by atoms with Gasteiger partial charge in [-0.3, -0.25) is 0 Å². The zero-order chi connectivity index (χ0) is 21.3. The molecule has 1 fully saturated rings. The Labute approximate surface area is 182 Å². The lowest BCUT2D eigenvalue weighted by atomic mass is 10.0. The lowest BCUT2D eigenvalue weighted by Gasteiger charge is -2.33. The standard InChI is InChI=1S/C25H39N3O2/c1-2-3-4-5-6-7-8-9-10-11-12-13-17-20-24-23(27-28-26)21-29-25(30-24)22-18-15-14-16-19-22/h14-20,23-25H,2-13,21H2,1H3/b20-17-/t23-,24-,25+/m0/s1. The van der Waals surface area contributed by atoms with Gasteiger partial charge >= 0.3 is 0 Å². The molecule has 1 aliphatic heterocycles. The topological polar surface area (TPSA) is 67.2 Å². The molecule has 0 unspecified atom stereocenters. The first-order valence-electron chi connectivity index (χ1n) is 11.9. The number of azide groups is 1. The summed E-state index contributed by atoms with van der Waals surface area (Å²) >= 11 is 0. The Morgan fingerprint density at radius 3 is 2.23 bits per heavy atom. The fourth-order valence-electron chi connectivity index (χ4n) is 3.83. The van der Waals surface area contributed by atoms with Crippen LogP contribution in [0.3, 0.4) is 0 Å². The van der Waals surface area contributed by atoms with Crippen molar-refractivity contribution in [3.63, 3.8) is 0 Å². The molecule has 0 amide bonds. The first-order chi connectivity index (χ1) is 14.8.